The Labute approximate surface area is 174 Å². The molecule has 0 aliphatic carbocycles. The zero-order chi connectivity index (χ0) is 19.7. The molecule has 0 heterocycles. The second-order valence-electron chi connectivity index (χ2n) is 6.53. The molecule has 1 rings (SSSR count). The van der Waals surface area contributed by atoms with Crippen molar-refractivity contribution in [1.82, 2.24) is 5.01 Å². The zero-order valence-corrected chi connectivity index (χ0v) is 18.5. The van der Waals surface area contributed by atoms with Crippen molar-refractivity contribution in [3.63, 3.8) is 0 Å². The molecule has 0 aromatic heterocycles. The van der Waals surface area contributed by atoms with Crippen molar-refractivity contribution >= 4 is 46.8 Å². The molecule has 0 unspecified atom stereocenters. The van der Waals surface area contributed by atoms with Crippen molar-refractivity contribution < 1.29 is 9.53 Å². The fraction of sp³-hybridized carbons (Fsp3) is 0.400. The van der Waals surface area contributed by atoms with Crippen LogP contribution in [0.1, 0.15) is 45.2 Å². The summed E-state index contributed by atoms with van der Waals surface area (Å²) in [4.78, 5) is 12.4. The lowest BCUT2D eigenvalue weighted by atomic mass is 10.1. The Hall–Kier alpha value is -1.52. The fourth-order valence-corrected chi connectivity index (χ4v) is 2.63. The molecule has 1 amide bonds. The minimum Gasteiger partial charge on any atom is -0.495 e. The summed E-state index contributed by atoms with van der Waals surface area (Å²) in [5.41, 5.74) is 1.73. The van der Waals surface area contributed by atoms with E-state index in [2.05, 4.69) is 58.4 Å². The summed E-state index contributed by atoms with van der Waals surface area (Å²) < 4.78 is 6.53. The summed E-state index contributed by atoms with van der Waals surface area (Å²) in [6, 6.07) is 8.15. The zero-order valence-electron chi connectivity index (χ0n) is 15.6. The Morgan fingerprint density at radius 2 is 1.96 bits per heavy atom. The van der Waals surface area contributed by atoms with Crippen molar-refractivity contribution in [2.75, 3.05) is 6.61 Å². The Bertz CT molecular complexity index is 725. The van der Waals surface area contributed by atoms with Gasteiger partial charge in [0, 0.05) is 23.1 Å². The van der Waals surface area contributed by atoms with E-state index in [1.165, 1.54) is 10.6 Å². The molecule has 0 N–H and O–H groups in total. The third kappa shape index (κ3) is 7.00. The first-order chi connectivity index (χ1) is 12.2. The fourth-order valence-electron chi connectivity index (χ4n) is 1.98. The smallest absolute Gasteiger partial charge is 0.289 e. The summed E-state index contributed by atoms with van der Waals surface area (Å²) in [6.07, 6.45) is 0.534. The summed E-state index contributed by atoms with van der Waals surface area (Å²) in [6.45, 7) is 11.0. The van der Waals surface area contributed by atoms with Crippen LogP contribution in [0.5, 0.6) is 0 Å². The number of hydrogen-bond donors (Lipinski definition) is 0. The molecule has 4 nitrogen and oxygen atoms in total. The van der Waals surface area contributed by atoms with E-state index in [1.54, 1.807) is 6.92 Å². The molecule has 0 bridgehead atoms. The van der Waals surface area contributed by atoms with Crippen LogP contribution in [0.2, 0.25) is 0 Å². The number of nitrogens with zero attached hydrogens (tertiary/aromatic N) is 2. The number of halogens is 2. The third-order valence-electron chi connectivity index (χ3n) is 3.35. The van der Waals surface area contributed by atoms with Gasteiger partial charge in [0.1, 0.15) is 10.8 Å². The van der Waals surface area contributed by atoms with Crippen molar-refractivity contribution in [1.29, 1.82) is 0 Å². The standard InChI is InChI=1S/C20H24ClIN2O2/c1-15(18(21)19(25)24(23-5)20(2,3)4)26-13-7-6-8-16-9-11-17(14-22)12-10-16/h9-12H,5,7,13-14H2,1-4H3/b18-15-. The number of hydrazone groups is 1. The van der Waals surface area contributed by atoms with Gasteiger partial charge in [-0.3, -0.25) is 4.79 Å². The van der Waals surface area contributed by atoms with Gasteiger partial charge in [-0.1, -0.05) is 58.2 Å². The van der Waals surface area contributed by atoms with Crippen LogP contribution in [0.15, 0.2) is 40.2 Å². The van der Waals surface area contributed by atoms with Crippen LogP contribution < -0.4 is 0 Å². The van der Waals surface area contributed by atoms with Gasteiger partial charge >= 0.3 is 0 Å². The molecule has 0 saturated heterocycles. The Balaban J connectivity index is 2.60. The minimum absolute atomic E-state index is 0.00493. The number of benzene rings is 1. The average Bonchev–Trinajstić information content (AvgIpc) is 2.60. The van der Waals surface area contributed by atoms with E-state index in [4.69, 9.17) is 16.3 Å². The number of ether oxygens (including phenoxy) is 1. The van der Waals surface area contributed by atoms with Crippen LogP contribution in [0.25, 0.3) is 0 Å². The molecule has 1 aromatic rings. The molecule has 0 fully saturated rings. The second kappa shape index (κ2) is 10.6. The van der Waals surface area contributed by atoms with E-state index in [-0.39, 0.29) is 5.03 Å². The van der Waals surface area contributed by atoms with Crippen molar-refractivity contribution in [3.05, 3.63) is 46.2 Å². The van der Waals surface area contributed by atoms with Gasteiger partial charge in [-0.15, -0.1) is 0 Å². The number of alkyl halides is 1. The predicted octanol–water partition coefficient (Wildman–Crippen LogP) is 5.09. The summed E-state index contributed by atoms with van der Waals surface area (Å²) in [5.74, 6) is 6.06. The highest BCUT2D eigenvalue weighted by Crippen LogP contribution is 2.21. The van der Waals surface area contributed by atoms with Crippen molar-refractivity contribution in [3.8, 4) is 11.8 Å². The van der Waals surface area contributed by atoms with E-state index >= 15 is 0 Å². The number of allylic oxidation sites excluding steroid dienone is 1. The van der Waals surface area contributed by atoms with Gasteiger partial charge in [0.15, 0.2) is 0 Å². The van der Waals surface area contributed by atoms with Gasteiger partial charge in [-0.25, -0.2) is 5.01 Å². The normalized spacial score (nSPS) is 11.8. The number of carbonyl (C=O) groups excluding carboxylic acids is 1. The quantitative estimate of drug-likeness (QED) is 0.0821. The van der Waals surface area contributed by atoms with Gasteiger partial charge in [0.05, 0.1) is 12.1 Å². The van der Waals surface area contributed by atoms with E-state index in [0.29, 0.717) is 18.8 Å². The Kier molecular flexibility index (Phi) is 9.17. The molecule has 1 aromatic carbocycles. The van der Waals surface area contributed by atoms with Crippen LogP contribution in [0, 0.1) is 11.8 Å². The first-order valence-electron chi connectivity index (χ1n) is 8.15. The largest absolute Gasteiger partial charge is 0.495 e. The van der Waals surface area contributed by atoms with Crippen LogP contribution in [-0.2, 0) is 14.0 Å². The van der Waals surface area contributed by atoms with Gasteiger partial charge < -0.3 is 4.74 Å². The van der Waals surface area contributed by atoms with Crippen molar-refractivity contribution in [2.45, 2.75) is 44.1 Å². The summed E-state index contributed by atoms with van der Waals surface area (Å²) in [5, 5.41) is 4.99. The molecule has 0 aliphatic rings. The topological polar surface area (TPSA) is 41.9 Å². The number of carbonyl (C=O) groups is 1. The first-order valence-corrected chi connectivity index (χ1v) is 10.0. The molecule has 0 spiro atoms. The lowest BCUT2D eigenvalue weighted by Crippen LogP contribution is -2.42. The number of rotatable bonds is 6. The number of amides is 1. The average molecular weight is 487 g/mol. The van der Waals surface area contributed by atoms with E-state index in [9.17, 15) is 4.79 Å². The monoisotopic (exact) mass is 486 g/mol. The minimum atomic E-state index is -0.516. The maximum absolute atomic E-state index is 12.4. The highest BCUT2D eigenvalue weighted by Gasteiger charge is 2.29. The molecule has 0 atom stereocenters. The highest BCUT2D eigenvalue weighted by atomic mass is 127. The molecular formula is C20H24ClIN2O2. The molecule has 140 valence electrons. The molecule has 26 heavy (non-hydrogen) atoms. The lowest BCUT2D eigenvalue weighted by molar-refractivity contribution is -0.131. The molecular weight excluding hydrogens is 463 g/mol. The Morgan fingerprint density at radius 1 is 1.35 bits per heavy atom. The lowest BCUT2D eigenvalue weighted by Gasteiger charge is -2.30. The maximum atomic E-state index is 12.4. The van der Waals surface area contributed by atoms with E-state index in [1.807, 2.05) is 32.9 Å². The van der Waals surface area contributed by atoms with E-state index in [0.717, 1.165) is 9.99 Å². The maximum Gasteiger partial charge on any atom is 0.289 e. The molecule has 0 saturated carbocycles. The van der Waals surface area contributed by atoms with Gasteiger partial charge in [-0.05, 0) is 45.4 Å². The van der Waals surface area contributed by atoms with Gasteiger partial charge in [0.2, 0.25) is 0 Å². The summed E-state index contributed by atoms with van der Waals surface area (Å²) in [7, 11) is 0. The van der Waals surface area contributed by atoms with E-state index < -0.39 is 11.4 Å². The molecule has 6 heteroatoms. The molecule has 0 aliphatic heterocycles. The third-order valence-corrected chi connectivity index (χ3v) is 4.66. The number of hydrogen-bond acceptors (Lipinski definition) is 3. The second-order valence-corrected chi connectivity index (χ2v) is 7.67. The highest BCUT2D eigenvalue weighted by molar-refractivity contribution is 14.1. The molecule has 0 radical (unpaired) electrons. The summed E-state index contributed by atoms with van der Waals surface area (Å²) >= 11 is 8.46. The van der Waals surface area contributed by atoms with Crippen LogP contribution >= 0.6 is 34.2 Å². The van der Waals surface area contributed by atoms with Crippen LogP contribution in [0.3, 0.4) is 0 Å². The Morgan fingerprint density at radius 3 is 2.46 bits per heavy atom. The SMILES string of the molecule is C=NN(C(=O)/C(Cl)=C(\C)OCCC#Cc1ccc(CI)cc1)C(C)(C)C. The predicted molar refractivity (Wildman–Crippen MR) is 116 cm³/mol. The van der Waals surface area contributed by atoms with Crippen LogP contribution in [-0.4, -0.2) is 29.8 Å². The van der Waals surface area contributed by atoms with Gasteiger partial charge in [0.25, 0.3) is 5.91 Å². The van der Waals surface area contributed by atoms with Crippen molar-refractivity contribution in [2.24, 2.45) is 5.10 Å². The van der Waals surface area contributed by atoms with Crippen LogP contribution in [0.4, 0.5) is 0 Å². The first kappa shape index (κ1) is 22.5. The van der Waals surface area contributed by atoms with Gasteiger partial charge in [-0.2, -0.15) is 5.10 Å².